The molecule has 0 aliphatic heterocycles. The van der Waals surface area contributed by atoms with E-state index < -0.39 is 10.8 Å². The first-order valence-corrected chi connectivity index (χ1v) is 9.06. The molecule has 0 radical (unpaired) electrons. The molecule has 2 amide bonds. The van der Waals surface area contributed by atoms with Gasteiger partial charge >= 0.3 is 0 Å². The van der Waals surface area contributed by atoms with Gasteiger partial charge in [0.1, 0.15) is 5.75 Å². The summed E-state index contributed by atoms with van der Waals surface area (Å²) in [7, 11) is -1.35. The zero-order chi connectivity index (χ0) is 17.5. The highest BCUT2D eigenvalue weighted by atomic mass is 35.5. The highest BCUT2D eigenvalue weighted by Crippen LogP contribution is 2.17. The van der Waals surface area contributed by atoms with E-state index in [9.17, 15) is 13.8 Å². The number of nitrogens with one attached hydrogen (secondary N) is 2. The van der Waals surface area contributed by atoms with E-state index in [2.05, 4.69) is 10.6 Å². The van der Waals surface area contributed by atoms with E-state index in [1.807, 2.05) is 6.07 Å². The summed E-state index contributed by atoms with van der Waals surface area (Å²) in [5.74, 6) is -0.387. The third-order valence-corrected chi connectivity index (χ3v) is 4.64. The normalized spacial score (nSPS) is 11.6. The Morgan fingerprint density at radius 2 is 1.58 bits per heavy atom. The van der Waals surface area contributed by atoms with Crippen LogP contribution < -0.4 is 10.6 Å². The average molecular weight is 365 g/mol. The second-order valence-corrected chi connectivity index (χ2v) is 6.99. The topological polar surface area (TPSA) is 75.3 Å². The molecule has 1 atom stereocenters. The molecule has 2 rings (SSSR count). The first-order chi connectivity index (χ1) is 11.4. The Labute approximate surface area is 147 Å². The Kier molecular flexibility index (Phi) is 6.52. The van der Waals surface area contributed by atoms with Gasteiger partial charge in [-0.3, -0.25) is 13.8 Å². The molecule has 0 aromatic heterocycles. The number of hydrogen-bond donors (Lipinski definition) is 2. The van der Waals surface area contributed by atoms with Crippen molar-refractivity contribution in [3.8, 4) is 0 Å². The van der Waals surface area contributed by atoms with Crippen molar-refractivity contribution >= 4 is 45.6 Å². The van der Waals surface area contributed by atoms with Crippen LogP contribution in [0, 0.1) is 0 Å². The number of amides is 2. The van der Waals surface area contributed by atoms with Crippen molar-refractivity contribution in [1.29, 1.82) is 0 Å². The first kappa shape index (κ1) is 18.2. The molecule has 126 valence electrons. The zero-order valence-corrected chi connectivity index (χ0v) is 14.6. The highest BCUT2D eigenvalue weighted by molar-refractivity contribution is 7.85. The monoisotopic (exact) mass is 364 g/mol. The van der Waals surface area contributed by atoms with Gasteiger partial charge in [0.05, 0.1) is 5.75 Å². The molecular formula is C17H17ClN2O3S. The molecule has 0 saturated heterocycles. The highest BCUT2D eigenvalue weighted by Gasteiger charge is 2.11. The fourth-order valence-electron chi connectivity index (χ4n) is 2.02. The molecule has 2 aromatic carbocycles. The predicted octanol–water partition coefficient (Wildman–Crippen LogP) is 3.19. The smallest absolute Gasteiger partial charge is 0.237 e. The van der Waals surface area contributed by atoms with Crippen molar-refractivity contribution in [2.45, 2.75) is 12.7 Å². The van der Waals surface area contributed by atoms with Gasteiger partial charge in [-0.2, -0.15) is 0 Å². The molecule has 0 fully saturated rings. The summed E-state index contributed by atoms with van der Waals surface area (Å²) < 4.78 is 12.1. The van der Waals surface area contributed by atoms with E-state index in [1.165, 1.54) is 6.92 Å². The lowest BCUT2D eigenvalue weighted by atomic mass is 10.2. The lowest BCUT2D eigenvalue weighted by molar-refractivity contribution is -0.114. The largest absolute Gasteiger partial charge is 0.326 e. The maximum absolute atomic E-state index is 12.1. The molecule has 2 N–H and O–H groups in total. The maximum Gasteiger partial charge on any atom is 0.237 e. The summed E-state index contributed by atoms with van der Waals surface area (Å²) in [6.45, 7) is 1.42. The Bertz CT molecular complexity index is 763. The van der Waals surface area contributed by atoms with E-state index in [4.69, 9.17) is 11.6 Å². The Morgan fingerprint density at radius 1 is 1.00 bits per heavy atom. The third-order valence-electron chi connectivity index (χ3n) is 3.06. The first-order valence-electron chi connectivity index (χ1n) is 7.20. The number of benzene rings is 2. The Balaban J connectivity index is 1.87. The van der Waals surface area contributed by atoms with E-state index in [-0.39, 0.29) is 23.3 Å². The van der Waals surface area contributed by atoms with Crippen LogP contribution in [0.1, 0.15) is 12.5 Å². The molecule has 0 aliphatic rings. The maximum atomic E-state index is 12.1. The van der Waals surface area contributed by atoms with Crippen molar-refractivity contribution < 1.29 is 13.8 Å². The molecule has 0 saturated carbocycles. The van der Waals surface area contributed by atoms with Crippen LogP contribution in [-0.2, 0) is 26.1 Å². The molecule has 0 spiro atoms. The third kappa shape index (κ3) is 5.79. The molecule has 0 unspecified atom stereocenters. The van der Waals surface area contributed by atoms with E-state index in [1.54, 1.807) is 42.5 Å². The van der Waals surface area contributed by atoms with Gasteiger partial charge in [-0.1, -0.05) is 29.8 Å². The molecule has 0 aliphatic carbocycles. The second kappa shape index (κ2) is 8.61. The Hall–Kier alpha value is -2.18. The Morgan fingerprint density at radius 3 is 2.17 bits per heavy atom. The van der Waals surface area contributed by atoms with Crippen LogP contribution in [0.25, 0.3) is 0 Å². The SMILES string of the molecule is CC(=O)Nc1ccc(NC(=O)C[S@@](=O)Cc2ccccc2Cl)cc1. The molecule has 24 heavy (non-hydrogen) atoms. The van der Waals surface area contributed by atoms with E-state index in [0.717, 1.165) is 5.56 Å². The minimum Gasteiger partial charge on any atom is -0.326 e. The van der Waals surface area contributed by atoms with Crippen LogP contribution in [0.3, 0.4) is 0 Å². The van der Waals surface area contributed by atoms with Gasteiger partial charge in [0.25, 0.3) is 0 Å². The number of halogens is 1. The van der Waals surface area contributed by atoms with E-state index in [0.29, 0.717) is 16.4 Å². The van der Waals surface area contributed by atoms with Crippen LogP contribution in [0.4, 0.5) is 11.4 Å². The summed E-state index contributed by atoms with van der Waals surface area (Å²) in [6.07, 6.45) is 0. The number of carbonyl (C=O) groups excluding carboxylic acids is 2. The van der Waals surface area contributed by atoms with Gasteiger partial charge in [0.15, 0.2) is 0 Å². The number of hydrogen-bond acceptors (Lipinski definition) is 3. The molecular weight excluding hydrogens is 348 g/mol. The van der Waals surface area contributed by atoms with Gasteiger partial charge in [-0.15, -0.1) is 0 Å². The van der Waals surface area contributed by atoms with Crippen molar-refractivity contribution in [3.63, 3.8) is 0 Å². The van der Waals surface area contributed by atoms with Crippen LogP contribution in [-0.4, -0.2) is 21.8 Å². The zero-order valence-electron chi connectivity index (χ0n) is 13.0. The van der Waals surface area contributed by atoms with Crippen LogP contribution >= 0.6 is 11.6 Å². The average Bonchev–Trinajstić information content (AvgIpc) is 2.51. The lowest BCUT2D eigenvalue weighted by Gasteiger charge is -2.08. The van der Waals surface area contributed by atoms with Crippen LogP contribution in [0.5, 0.6) is 0 Å². The molecule has 0 heterocycles. The van der Waals surface area contributed by atoms with Crippen LogP contribution in [0.15, 0.2) is 48.5 Å². The van der Waals surface area contributed by atoms with Gasteiger partial charge < -0.3 is 10.6 Å². The van der Waals surface area contributed by atoms with E-state index >= 15 is 0 Å². The summed E-state index contributed by atoms with van der Waals surface area (Å²) in [5, 5.41) is 5.85. The summed E-state index contributed by atoms with van der Waals surface area (Å²) in [4.78, 5) is 22.9. The summed E-state index contributed by atoms with van der Waals surface area (Å²) in [6, 6.07) is 13.8. The predicted molar refractivity (Wildman–Crippen MR) is 97.5 cm³/mol. The number of anilines is 2. The second-order valence-electron chi connectivity index (χ2n) is 5.13. The fourth-order valence-corrected chi connectivity index (χ4v) is 3.37. The standard InChI is InChI=1S/C17H17ClN2O3S/c1-12(21)19-14-6-8-15(9-7-14)20-17(22)11-24(23)10-13-4-2-3-5-16(13)18/h2-9H,10-11H2,1H3,(H,19,21)(H,20,22)/t24-/m0/s1. The van der Waals surface area contributed by atoms with Gasteiger partial charge in [-0.05, 0) is 35.9 Å². The van der Waals surface area contributed by atoms with Crippen molar-refractivity contribution in [3.05, 3.63) is 59.1 Å². The van der Waals surface area contributed by atoms with Crippen molar-refractivity contribution in [1.82, 2.24) is 0 Å². The molecule has 5 nitrogen and oxygen atoms in total. The fraction of sp³-hybridized carbons (Fsp3) is 0.176. The lowest BCUT2D eigenvalue weighted by Crippen LogP contribution is -2.20. The minimum absolute atomic E-state index is 0.112. The summed E-state index contributed by atoms with van der Waals surface area (Å²) >= 11 is 6.02. The number of carbonyl (C=O) groups is 2. The number of rotatable bonds is 6. The van der Waals surface area contributed by atoms with Crippen molar-refractivity contribution in [2.75, 3.05) is 16.4 Å². The minimum atomic E-state index is -1.35. The molecule has 7 heteroatoms. The summed E-state index contributed by atoms with van der Waals surface area (Å²) in [5.41, 5.74) is 1.97. The van der Waals surface area contributed by atoms with Gasteiger partial charge in [0, 0.05) is 34.1 Å². The van der Waals surface area contributed by atoms with Crippen LogP contribution in [0.2, 0.25) is 5.02 Å². The van der Waals surface area contributed by atoms with Gasteiger partial charge in [0.2, 0.25) is 11.8 Å². The molecule has 0 bridgehead atoms. The quantitative estimate of drug-likeness (QED) is 0.826. The molecule has 2 aromatic rings. The van der Waals surface area contributed by atoms with Crippen molar-refractivity contribution in [2.24, 2.45) is 0 Å². The van der Waals surface area contributed by atoms with Gasteiger partial charge in [-0.25, -0.2) is 0 Å².